The first kappa shape index (κ1) is 13.4. The van der Waals surface area contributed by atoms with Crippen molar-refractivity contribution < 1.29 is 9.47 Å². The van der Waals surface area contributed by atoms with Gasteiger partial charge < -0.3 is 9.47 Å². The number of ether oxygens (including phenoxy) is 2. The van der Waals surface area contributed by atoms with Crippen LogP contribution in [0.3, 0.4) is 0 Å². The predicted molar refractivity (Wildman–Crippen MR) is 73.2 cm³/mol. The highest BCUT2D eigenvalue weighted by Crippen LogP contribution is 2.31. The van der Waals surface area contributed by atoms with Gasteiger partial charge >= 0.3 is 0 Å². The maximum absolute atomic E-state index is 5.49. The van der Waals surface area contributed by atoms with Crippen molar-refractivity contribution in [1.82, 2.24) is 15.2 Å². The maximum atomic E-state index is 5.49. The van der Waals surface area contributed by atoms with E-state index in [9.17, 15) is 0 Å². The second kappa shape index (κ2) is 6.21. The molecule has 5 nitrogen and oxygen atoms in total. The Morgan fingerprint density at radius 3 is 2.72 bits per heavy atom. The number of methoxy groups -OCH3 is 1. The van der Waals surface area contributed by atoms with Crippen LogP contribution in [-0.2, 0) is 4.74 Å². The van der Waals surface area contributed by atoms with Crippen LogP contribution in [0.15, 0.2) is 33.6 Å². The van der Waals surface area contributed by atoms with Crippen molar-refractivity contribution in [2.45, 2.75) is 0 Å². The molecular formula is C11H9Br2N3O2. The molecule has 0 fully saturated rings. The molecule has 2 aromatic rings. The third-order valence-electron chi connectivity index (χ3n) is 2.09. The van der Waals surface area contributed by atoms with Gasteiger partial charge in [0.2, 0.25) is 4.73 Å². The van der Waals surface area contributed by atoms with E-state index in [0.29, 0.717) is 16.2 Å². The summed E-state index contributed by atoms with van der Waals surface area (Å²) in [5.41, 5.74) is 1.44. The van der Waals surface area contributed by atoms with Crippen molar-refractivity contribution in [3.05, 3.63) is 33.6 Å². The van der Waals surface area contributed by atoms with Crippen LogP contribution in [0.5, 0.6) is 5.75 Å². The average molecular weight is 375 g/mol. The van der Waals surface area contributed by atoms with E-state index in [1.807, 2.05) is 18.2 Å². The van der Waals surface area contributed by atoms with Crippen molar-refractivity contribution in [2.24, 2.45) is 0 Å². The van der Waals surface area contributed by atoms with Crippen LogP contribution in [0.25, 0.3) is 11.3 Å². The van der Waals surface area contributed by atoms with Gasteiger partial charge in [-0.05, 0) is 34.1 Å². The lowest BCUT2D eigenvalue weighted by Crippen LogP contribution is -2.01. The second-order valence-corrected chi connectivity index (χ2v) is 4.93. The summed E-state index contributed by atoms with van der Waals surface area (Å²) < 4.78 is 11.8. The Labute approximate surface area is 121 Å². The Balaban J connectivity index is 2.39. The molecule has 0 aliphatic rings. The predicted octanol–water partition coefficient (Wildman–Crippen LogP) is 3.05. The van der Waals surface area contributed by atoms with Crippen LogP contribution in [0.4, 0.5) is 0 Å². The number of hydrogen-bond donors (Lipinski definition) is 0. The van der Waals surface area contributed by atoms with E-state index >= 15 is 0 Å². The molecule has 0 saturated heterocycles. The van der Waals surface area contributed by atoms with Crippen LogP contribution in [0.2, 0.25) is 0 Å². The van der Waals surface area contributed by atoms with Crippen molar-refractivity contribution in [3.63, 3.8) is 0 Å². The summed E-state index contributed by atoms with van der Waals surface area (Å²) in [6.07, 6.45) is 1.62. The van der Waals surface area contributed by atoms with Gasteiger partial charge in [-0.3, -0.25) is 0 Å². The van der Waals surface area contributed by atoms with Crippen molar-refractivity contribution in [3.8, 4) is 17.0 Å². The molecule has 7 heteroatoms. The normalized spacial score (nSPS) is 10.4. The van der Waals surface area contributed by atoms with Gasteiger partial charge in [0.15, 0.2) is 6.79 Å². The summed E-state index contributed by atoms with van der Waals surface area (Å²) in [5, 5.41) is 7.91. The molecule has 0 aliphatic carbocycles. The van der Waals surface area contributed by atoms with E-state index in [1.165, 1.54) is 0 Å². The van der Waals surface area contributed by atoms with Gasteiger partial charge in [0, 0.05) is 17.1 Å². The zero-order valence-corrected chi connectivity index (χ0v) is 12.6. The zero-order valence-electron chi connectivity index (χ0n) is 9.43. The van der Waals surface area contributed by atoms with Crippen LogP contribution >= 0.6 is 31.9 Å². The lowest BCUT2D eigenvalue weighted by atomic mass is 10.1. The van der Waals surface area contributed by atoms with Crippen LogP contribution in [-0.4, -0.2) is 29.1 Å². The minimum absolute atomic E-state index is 0.167. The summed E-state index contributed by atoms with van der Waals surface area (Å²) in [6, 6.07) is 5.63. The number of hydrogen-bond acceptors (Lipinski definition) is 5. The molecule has 0 atom stereocenters. The molecule has 0 radical (unpaired) electrons. The SMILES string of the molecule is COCOc1cc(Br)ccc1-c1cnc(Br)nn1. The molecule has 94 valence electrons. The third-order valence-corrected chi connectivity index (χ3v) is 2.94. The lowest BCUT2D eigenvalue weighted by molar-refractivity contribution is 0.0515. The minimum Gasteiger partial charge on any atom is -0.467 e. The van der Waals surface area contributed by atoms with E-state index < -0.39 is 0 Å². The van der Waals surface area contributed by atoms with Gasteiger partial charge in [0.25, 0.3) is 0 Å². The van der Waals surface area contributed by atoms with Crippen molar-refractivity contribution in [1.29, 1.82) is 0 Å². The van der Waals surface area contributed by atoms with Crippen molar-refractivity contribution in [2.75, 3.05) is 13.9 Å². The molecular weight excluding hydrogens is 366 g/mol. The van der Waals surface area contributed by atoms with E-state index in [0.717, 1.165) is 10.0 Å². The molecule has 0 N–H and O–H groups in total. The fraction of sp³-hybridized carbons (Fsp3) is 0.182. The molecule has 1 heterocycles. The number of benzene rings is 1. The van der Waals surface area contributed by atoms with Crippen LogP contribution < -0.4 is 4.74 Å². The monoisotopic (exact) mass is 373 g/mol. The first-order valence-electron chi connectivity index (χ1n) is 4.97. The molecule has 0 spiro atoms. The molecule has 0 unspecified atom stereocenters. The van der Waals surface area contributed by atoms with E-state index in [4.69, 9.17) is 9.47 Å². The Hall–Kier alpha value is -1.05. The second-order valence-electron chi connectivity index (χ2n) is 3.30. The van der Waals surface area contributed by atoms with Gasteiger partial charge in [0.1, 0.15) is 11.4 Å². The zero-order chi connectivity index (χ0) is 13.0. The lowest BCUT2D eigenvalue weighted by Gasteiger charge is -2.10. The van der Waals surface area contributed by atoms with Gasteiger partial charge in [-0.15, -0.1) is 10.2 Å². The minimum atomic E-state index is 0.167. The molecule has 1 aromatic heterocycles. The standard InChI is InChI=1S/C11H9Br2N3O2/c1-17-6-18-10-4-7(12)2-3-8(10)9-5-14-11(13)16-15-9/h2-5H,6H2,1H3. The molecule has 0 amide bonds. The Morgan fingerprint density at radius 2 is 2.06 bits per heavy atom. The number of rotatable bonds is 4. The van der Waals surface area contributed by atoms with E-state index in [-0.39, 0.29) is 6.79 Å². The molecule has 2 rings (SSSR count). The Kier molecular flexibility index (Phi) is 4.62. The maximum Gasteiger partial charge on any atom is 0.217 e. The highest BCUT2D eigenvalue weighted by Gasteiger charge is 2.09. The smallest absolute Gasteiger partial charge is 0.217 e. The summed E-state index contributed by atoms with van der Waals surface area (Å²) in [5.74, 6) is 0.657. The average Bonchev–Trinajstić information content (AvgIpc) is 2.38. The van der Waals surface area contributed by atoms with E-state index in [2.05, 4.69) is 47.0 Å². The van der Waals surface area contributed by atoms with Gasteiger partial charge in [-0.2, -0.15) is 0 Å². The molecule has 18 heavy (non-hydrogen) atoms. The Morgan fingerprint density at radius 1 is 1.22 bits per heavy atom. The molecule has 0 saturated carbocycles. The van der Waals surface area contributed by atoms with Gasteiger partial charge in [-0.1, -0.05) is 15.9 Å². The molecule has 1 aromatic carbocycles. The highest BCUT2D eigenvalue weighted by atomic mass is 79.9. The fourth-order valence-corrected chi connectivity index (χ4v) is 1.86. The Bertz CT molecular complexity index is 534. The topological polar surface area (TPSA) is 57.1 Å². The molecule has 0 aliphatic heterocycles. The van der Waals surface area contributed by atoms with Crippen LogP contribution in [0.1, 0.15) is 0 Å². The van der Waals surface area contributed by atoms with Gasteiger partial charge in [-0.25, -0.2) is 4.98 Å². The van der Waals surface area contributed by atoms with Crippen LogP contribution in [0, 0.1) is 0 Å². The largest absolute Gasteiger partial charge is 0.467 e. The summed E-state index contributed by atoms with van der Waals surface area (Å²) in [6.45, 7) is 0.167. The fourth-order valence-electron chi connectivity index (χ4n) is 1.33. The molecule has 0 bridgehead atoms. The van der Waals surface area contributed by atoms with Crippen molar-refractivity contribution >= 4 is 31.9 Å². The van der Waals surface area contributed by atoms with E-state index in [1.54, 1.807) is 13.3 Å². The number of halogens is 2. The van der Waals surface area contributed by atoms with Gasteiger partial charge in [0.05, 0.1) is 6.20 Å². The first-order chi connectivity index (χ1) is 8.70. The third kappa shape index (κ3) is 3.24. The first-order valence-corrected chi connectivity index (χ1v) is 6.56. The summed E-state index contributed by atoms with van der Waals surface area (Å²) in [4.78, 5) is 4.04. The number of nitrogens with zero attached hydrogens (tertiary/aromatic N) is 3. The quantitative estimate of drug-likeness (QED) is 0.770. The summed E-state index contributed by atoms with van der Waals surface area (Å²) in [7, 11) is 1.57. The number of aromatic nitrogens is 3. The summed E-state index contributed by atoms with van der Waals surface area (Å²) >= 11 is 6.54. The highest BCUT2D eigenvalue weighted by molar-refractivity contribution is 9.10.